The fraction of sp³-hybridized carbons (Fsp3) is 0.286. The van der Waals surface area contributed by atoms with Crippen molar-refractivity contribution >= 4 is 29.3 Å². The van der Waals surface area contributed by atoms with Gasteiger partial charge in [0.2, 0.25) is 11.8 Å². The first-order chi connectivity index (χ1) is 9.15. The molecule has 0 saturated carbocycles. The Kier molecular flexibility index (Phi) is 6.74. The van der Waals surface area contributed by atoms with Gasteiger partial charge in [0, 0.05) is 18.0 Å². The summed E-state index contributed by atoms with van der Waals surface area (Å²) in [5.74, 6) is 0.629. The second kappa shape index (κ2) is 8.37. The average molecular weight is 278 g/mol. The fourth-order valence-corrected chi connectivity index (χ4v) is 1.80. The molecule has 0 aromatic heterocycles. The lowest BCUT2D eigenvalue weighted by molar-refractivity contribution is -0.120. The summed E-state index contributed by atoms with van der Waals surface area (Å²) in [6.07, 6.45) is 3.52. The van der Waals surface area contributed by atoms with Gasteiger partial charge in [-0.05, 0) is 30.0 Å². The number of anilines is 1. The van der Waals surface area contributed by atoms with Gasteiger partial charge in [0.15, 0.2) is 0 Å². The van der Waals surface area contributed by atoms with Crippen LogP contribution in [0.4, 0.5) is 5.69 Å². The fourth-order valence-electron chi connectivity index (χ4n) is 1.49. The third kappa shape index (κ3) is 6.10. The Labute approximate surface area is 117 Å². The Morgan fingerprint density at radius 1 is 1.42 bits per heavy atom. The van der Waals surface area contributed by atoms with Crippen LogP contribution in [-0.2, 0) is 16.0 Å². The molecule has 0 bridgehead atoms. The summed E-state index contributed by atoms with van der Waals surface area (Å²) in [6.45, 7) is 4.06. The molecule has 2 amide bonds. The maximum Gasteiger partial charge on any atom is 0.247 e. The largest absolute Gasteiger partial charge is 0.355 e. The molecule has 0 spiro atoms. The van der Waals surface area contributed by atoms with Crippen LogP contribution in [0.25, 0.3) is 0 Å². The smallest absolute Gasteiger partial charge is 0.247 e. The van der Waals surface area contributed by atoms with Crippen molar-refractivity contribution in [1.82, 2.24) is 5.32 Å². The summed E-state index contributed by atoms with van der Waals surface area (Å²) in [4.78, 5) is 22.8. The predicted molar refractivity (Wildman–Crippen MR) is 80.4 cm³/mol. The van der Waals surface area contributed by atoms with Gasteiger partial charge in [0.25, 0.3) is 0 Å². The minimum atomic E-state index is -0.262. The van der Waals surface area contributed by atoms with Crippen molar-refractivity contribution in [3.63, 3.8) is 0 Å². The Morgan fingerprint density at radius 3 is 2.89 bits per heavy atom. The lowest BCUT2D eigenvalue weighted by Crippen LogP contribution is -2.27. The van der Waals surface area contributed by atoms with Crippen LogP contribution in [0.2, 0.25) is 0 Å². The van der Waals surface area contributed by atoms with Crippen molar-refractivity contribution in [3.8, 4) is 0 Å². The zero-order valence-electron chi connectivity index (χ0n) is 10.9. The summed E-state index contributed by atoms with van der Waals surface area (Å²) < 4.78 is 0. The molecular formula is C14H18N2O2S. The Hall–Kier alpha value is -1.75. The number of rotatable bonds is 7. The highest BCUT2D eigenvalue weighted by Crippen LogP contribution is 2.11. The van der Waals surface area contributed by atoms with Crippen molar-refractivity contribution in [3.05, 3.63) is 42.5 Å². The Bertz CT molecular complexity index is 461. The lowest BCUT2D eigenvalue weighted by atomic mass is 10.1. The minimum absolute atomic E-state index is 0.0127. The second-order valence-electron chi connectivity index (χ2n) is 3.91. The number of amides is 2. The van der Waals surface area contributed by atoms with Gasteiger partial charge in [-0.3, -0.25) is 9.59 Å². The number of hydrogen-bond acceptors (Lipinski definition) is 3. The van der Waals surface area contributed by atoms with E-state index in [2.05, 4.69) is 17.2 Å². The molecule has 1 aromatic carbocycles. The molecule has 0 heterocycles. The van der Waals surface area contributed by atoms with Gasteiger partial charge in [-0.25, -0.2) is 0 Å². The average Bonchev–Trinajstić information content (AvgIpc) is 2.39. The van der Waals surface area contributed by atoms with Crippen LogP contribution in [0.15, 0.2) is 36.9 Å². The lowest BCUT2D eigenvalue weighted by Gasteiger charge is -2.07. The first-order valence-corrected chi connectivity index (χ1v) is 7.33. The number of carbonyl (C=O) groups excluding carboxylic acids is 2. The van der Waals surface area contributed by atoms with Gasteiger partial charge in [0.05, 0.1) is 6.42 Å². The first kappa shape index (κ1) is 15.3. The van der Waals surface area contributed by atoms with Gasteiger partial charge in [-0.15, -0.1) is 0 Å². The normalized spacial score (nSPS) is 9.74. The van der Waals surface area contributed by atoms with Crippen LogP contribution in [0.1, 0.15) is 5.56 Å². The molecule has 0 unspecified atom stereocenters. The molecular weight excluding hydrogens is 260 g/mol. The topological polar surface area (TPSA) is 58.2 Å². The van der Waals surface area contributed by atoms with E-state index in [9.17, 15) is 9.59 Å². The predicted octanol–water partition coefficient (Wildman–Crippen LogP) is 1.83. The molecule has 0 radical (unpaired) electrons. The van der Waals surface area contributed by atoms with Gasteiger partial charge in [0.1, 0.15) is 0 Å². The molecule has 5 heteroatoms. The van der Waals surface area contributed by atoms with Crippen molar-refractivity contribution in [1.29, 1.82) is 0 Å². The van der Waals surface area contributed by atoms with Gasteiger partial charge in [-0.1, -0.05) is 18.7 Å². The van der Waals surface area contributed by atoms with E-state index in [-0.39, 0.29) is 11.8 Å². The van der Waals surface area contributed by atoms with Crippen molar-refractivity contribution in [2.24, 2.45) is 0 Å². The van der Waals surface area contributed by atoms with Gasteiger partial charge >= 0.3 is 0 Å². The third-order valence-electron chi connectivity index (χ3n) is 2.37. The highest BCUT2D eigenvalue weighted by atomic mass is 32.2. The van der Waals surface area contributed by atoms with Crippen LogP contribution in [-0.4, -0.2) is 30.4 Å². The number of thioether (sulfide) groups is 1. The standard InChI is InChI=1S/C14H18N2O2S/c1-3-13(17)16-12-6-4-5-11(9-12)10-14(18)15-7-8-19-2/h3-6,9H,1,7-8,10H2,2H3,(H,15,18)(H,16,17). The van der Waals surface area contributed by atoms with E-state index in [1.807, 2.05) is 18.4 Å². The second-order valence-corrected chi connectivity index (χ2v) is 4.90. The van der Waals surface area contributed by atoms with Crippen LogP contribution in [0, 0.1) is 0 Å². The molecule has 1 aromatic rings. The van der Waals surface area contributed by atoms with Gasteiger partial charge < -0.3 is 10.6 Å². The zero-order chi connectivity index (χ0) is 14.1. The van der Waals surface area contributed by atoms with E-state index in [4.69, 9.17) is 0 Å². The van der Waals surface area contributed by atoms with E-state index >= 15 is 0 Å². The number of benzene rings is 1. The van der Waals surface area contributed by atoms with E-state index in [1.165, 1.54) is 6.08 Å². The number of nitrogens with one attached hydrogen (secondary N) is 2. The van der Waals surface area contributed by atoms with E-state index in [0.29, 0.717) is 18.7 Å². The summed E-state index contributed by atoms with van der Waals surface area (Å²) in [5, 5.41) is 5.51. The van der Waals surface area contributed by atoms with Crippen molar-refractivity contribution < 1.29 is 9.59 Å². The highest BCUT2D eigenvalue weighted by molar-refractivity contribution is 7.98. The summed E-state index contributed by atoms with van der Waals surface area (Å²) in [7, 11) is 0. The molecule has 19 heavy (non-hydrogen) atoms. The quantitative estimate of drug-likeness (QED) is 0.591. The molecule has 0 aliphatic carbocycles. The highest BCUT2D eigenvalue weighted by Gasteiger charge is 2.04. The molecule has 1 rings (SSSR count). The molecule has 0 atom stereocenters. The van der Waals surface area contributed by atoms with Crippen molar-refractivity contribution in [2.45, 2.75) is 6.42 Å². The monoisotopic (exact) mass is 278 g/mol. The summed E-state index contributed by atoms with van der Waals surface area (Å²) >= 11 is 1.69. The zero-order valence-corrected chi connectivity index (χ0v) is 11.8. The molecule has 0 saturated heterocycles. The maximum absolute atomic E-state index is 11.7. The van der Waals surface area contributed by atoms with Crippen LogP contribution >= 0.6 is 11.8 Å². The van der Waals surface area contributed by atoms with E-state index < -0.39 is 0 Å². The maximum atomic E-state index is 11.7. The van der Waals surface area contributed by atoms with Crippen LogP contribution in [0.5, 0.6) is 0 Å². The SMILES string of the molecule is C=CC(=O)Nc1cccc(CC(=O)NCCSC)c1. The molecule has 102 valence electrons. The number of hydrogen-bond donors (Lipinski definition) is 2. The Morgan fingerprint density at radius 2 is 2.21 bits per heavy atom. The van der Waals surface area contributed by atoms with Crippen LogP contribution < -0.4 is 10.6 Å². The summed E-state index contributed by atoms with van der Waals surface area (Å²) in [6, 6.07) is 7.23. The van der Waals surface area contributed by atoms with E-state index in [0.717, 1.165) is 11.3 Å². The summed E-state index contributed by atoms with van der Waals surface area (Å²) in [5.41, 5.74) is 1.53. The van der Waals surface area contributed by atoms with Gasteiger partial charge in [-0.2, -0.15) is 11.8 Å². The minimum Gasteiger partial charge on any atom is -0.355 e. The molecule has 0 fully saturated rings. The number of carbonyl (C=O) groups is 2. The third-order valence-corrected chi connectivity index (χ3v) is 2.99. The first-order valence-electron chi connectivity index (χ1n) is 5.93. The molecule has 4 nitrogen and oxygen atoms in total. The van der Waals surface area contributed by atoms with E-state index in [1.54, 1.807) is 23.9 Å². The Balaban J connectivity index is 2.54. The van der Waals surface area contributed by atoms with Crippen molar-refractivity contribution in [2.75, 3.05) is 23.9 Å². The molecule has 0 aliphatic heterocycles. The molecule has 2 N–H and O–H groups in total. The molecule has 0 aliphatic rings. The van der Waals surface area contributed by atoms with Crippen LogP contribution in [0.3, 0.4) is 0 Å².